The second-order valence-electron chi connectivity index (χ2n) is 5.06. The average Bonchev–Trinajstić information content (AvgIpc) is 2.90. The number of thioether (sulfide) groups is 1. The van der Waals surface area contributed by atoms with Gasteiger partial charge in [0.15, 0.2) is 5.50 Å². The van der Waals surface area contributed by atoms with Crippen LogP contribution in [0.5, 0.6) is 0 Å². The van der Waals surface area contributed by atoms with Crippen molar-refractivity contribution in [2.75, 3.05) is 7.05 Å². The number of allylic oxidation sites excluding steroid dienone is 1. The van der Waals surface area contributed by atoms with Crippen molar-refractivity contribution in [3.63, 3.8) is 0 Å². The van der Waals surface area contributed by atoms with Crippen molar-refractivity contribution in [1.29, 1.82) is 0 Å². The molecule has 5 heteroatoms. The zero-order chi connectivity index (χ0) is 14.3. The van der Waals surface area contributed by atoms with E-state index in [1.54, 1.807) is 11.8 Å². The highest BCUT2D eigenvalue weighted by Gasteiger charge is 2.20. The molecule has 2 heterocycles. The standard InChI is InChI=1S/C15H18N4S/c1-10-9-20-15(18(10)3)17-16-14-11(2)19(4)13-8-6-5-7-12(13)14/h5-9,15H,1-4H3. The van der Waals surface area contributed by atoms with Crippen molar-refractivity contribution in [1.82, 2.24) is 9.47 Å². The van der Waals surface area contributed by atoms with Crippen molar-refractivity contribution < 1.29 is 0 Å². The number of azo groups is 1. The quantitative estimate of drug-likeness (QED) is 0.767. The summed E-state index contributed by atoms with van der Waals surface area (Å²) in [6, 6.07) is 8.31. The Morgan fingerprint density at radius 2 is 1.90 bits per heavy atom. The van der Waals surface area contributed by atoms with Crippen LogP contribution in [0.1, 0.15) is 12.6 Å². The molecule has 1 aliphatic heterocycles. The first-order valence-corrected chi connectivity index (χ1v) is 7.54. The van der Waals surface area contributed by atoms with E-state index in [-0.39, 0.29) is 5.50 Å². The maximum absolute atomic E-state index is 4.53. The van der Waals surface area contributed by atoms with Gasteiger partial charge in [-0.15, -0.1) is 0 Å². The molecule has 4 nitrogen and oxygen atoms in total. The van der Waals surface area contributed by atoms with Crippen molar-refractivity contribution >= 4 is 28.4 Å². The second kappa shape index (κ2) is 4.98. The number of aryl methyl sites for hydroxylation is 1. The molecular formula is C15H18N4S. The Morgan fingerprint density at radius 1 is 1.15 bits per heavy atom. The van der Waals surface area contributed by atoms with Crippen LogP contribution in [0.3, 0.4) is 0 Å². The fourth-order valence-electron chi connectivity index (χ4n) is 2.35. The van der Waals surface area contributed by atoms with Crippen LogP contribution in [-0.2, 0) is 7.05 Å². The number of aromatic nitrogens is 1. The number of hydrogen-bond acceptors (Lipinski definition) is 4. The first kappa shape index (κ1) is 13.2. The summed E-state index contributed by atoms with van der Waals surface area (Å²) in [6.07, 6.45) is 0. The van der Waals surface area contributed by atoms with E-state index in [2.05, 4.69) is 64.2 Å². The van der Waals surface area contributed by atoms with E-state index in [4.69, 9.17) is 0 Å². The molecule has 0 amide bonds. The van der Waals surface area contributed by atoms with Crippen LogP contribution >= 0.6 is 11.8 Å². The normalized spacial score (nSPS) is 19.3. The molecule has 0 aliphatic carbocycles. The Hall–Kier alpha value is -1.75. The monoisotopic (exact) mass is 286 g/mol. The summed E-state index contributed by atoms with van der Waals surface area (Å²) in [7, 11) is 4.12. The first-order chi connectivity index (χ1) is 9.59. The van der Waals surface area contributed by atoms with E-state index in [0.717, 1.165) is 16.8 Å². The molecule has 0 saturated carbocycles. The molecule has 0 bridgehead atoms. The Labute approximate surface area is 123 Å². The van der Waals surface area contributed by atoms with Gasteiger partial charge in [-0.25, -0.2) is 0 Å². The molecule has 0 radical (unpaired) electrons. The Bertz CT molecular complexity index is 714. The summed E-state index contributed by atoms with van der Waals surface area (Å²) < 4.78 is 2.17. The molecule has 20 heavy (non-hydrogen) atoms. The molecule has 1 aromatic heterocycles. The van der Waals surface area contributed by atoms with E-state index in [0.29, 0.717) is 0 Å². The van der Waals surface area contributed by atoms with Crippen LogP contribution in [-0.4, -0.2) is 22.0 Å². The molecule has 104 valence electrons. The Balaban J connectivity index is 1.98. The van der Waals surface area contributed by atoms with E-state index >= 15 is 0 Å². The molecule has 0 fully saturated rings. The molecule has 1 aliphatic rings. The number of rotatable bonds is 2. The zero-order valence-electron chi connectivity index (χ0n) is 12.2. The molecule has 1 unspecified atom stereocenters. The first-order valence-electron chi connectivity index (χ1n) is 6.59. The number of nitrogens with zero attached hydrogens (tertiary/aromatic N) is 4. The molecule has 0 N–H and O–H groups in total. The molecule has 0 saturated heterocycles. The summed E-state index contributed by atoms with van der Waals surface area (Å²) in [5, 5.41) is 12.3. The van der Waals surface area contributed by atoms with Crippen LogP contribution in [0.2, 0.25) is 0 Å². The fraction of sp³-hybridized carbons (Fsp3) is 0.333. The van der Waals surface area contributed by atoms with Gasteiger partial charge in [-0.1, -0.05) is 30.0 Å². The van der Waals surface area contributed by atoms with E-state index in [9.17, 15) is 0 Å². The number of fused-ring (bicyclic) bond motifs is 1. The third kappa shape index (κ3) is 2.02. The second-order valence-corrected chi connectivity index (χ2v) is 5.99. The minimum atomic E-state index is 0.0494. The van der Waals surface area contributed by atoms with Crippen molar-refractivity contribution in [3.8, 4) is 0 Å². The maximum atomic E-state index is 4.53. The number of hydrogen-bond donors (Lipinski definition) is 0. The van der Waals surface area contributed by atoms with Gasteiger partial charge in [-0.2, -0.15) is 10.2 Å². The van der Waals surface area contributed by atoms with Gasteiger partial charge < -0.3 is 9.47 Å². The van der Waals surface area contributed by atoms with Gasteiger partial charge in [0.25, 0.3) is 0 Å². The summed E-state index contributed by atoms with van der Waals surface area (Å²) in [4.78, 5) is 2.13. The molecule has 0 spiro atoms. The lowest BCUT2D eigenvalue weighted by atomic mass is 10.2. The fourth-order valence-corrected chi connectivity index (χ4v) is 3.28. The third-order valence-corrected chi connectivity index (χ3v) is 5.00. The SMILES string of the molecule is CC1=CSC(N=Nc2c(C)n(C)c3ccccc23)N1C. The van der Waals surface area contributed by atoms with Gasteiger partial charge in [-0.05, 0) is 25.3 Å². The molecule has 1 atom stereocenters. The minimum absolute atomic E-state index is 0.0494. The average molecular weight is 286 g/mol. The van der Waals surface area contributed by atoms with Crippen LogP contribution in [0.4, 0.5) is 5.69 Å². The van der Waals surface area contributed by atoms with Crippen LogP contribution < -0.4 is 0 Å². The van der Waals surface area contributed by atoms with Gasteiger partial charge in [0.2, 0.25) is 0 Å². The summed E-state index contributed by atoms with van der Waals surface area (Å²) >= 11 is 1.69. The number of benzene rings is 1. The van der Waals surface area contributed by atoms with Crippen LogP contribution in [0, 0.1) is 6.92 Å². The van der Waals surface area contributed by atoms with Crippen molar-refractivity contribution in [2.24, 2.45) is 17.3 Å². The highest BCUT2D eigenvalue weighted by Crippen LogP contribution is 2.35. The largest absolute Gasteiger partial charge is 0.346 e. The lowest BCUT2D eigenvalue weighted by Crippen LogP contribution is -2.20. The smallest absolute Gasteiger partial charge is 0.193 e. The molecule has 3 rings (SSSR count). The Kier molecular flexibility index (Phi) is 3.30. The van der Waals surface area contributed by atoms with E-state index in [1.807, 2.05) is 13.1 Å². The molecule has 1 aromatic carbocycles. The van der Waals surface area contributed by atoms with E-state index in [1.165, 1.54) is 11.2 Å². The van der Waals surface area contributed by atoms with Gasteiger partial charge in [-0.3, -0.25) is 0 Å². The molecular weight excluding hydrogens is 268 g/mol. The predicted octanol–water partition coefficient (Wildman–Crippen LogP) is 4.39. The zero-order valence-corrected chi connectivity index (χ0v) is 13.0. The van der Waals surface area contributed by atoms with Crippen LogP contribution in [0.25, 0.3) is 10.9 Å². The van der Waals surface area contributed by atoms with E-state index < -0.39 is 0 Å². The highest BCUT2D eigenvalue weighted by atomic mass is 32.2. The minimum Gasteiger partial charge on any atom is -0.346 e. The van der Waals surface area contributed by atoms with Crippen molar-refractivity contribution in [3.05, 3.63) is 41.1 Å². The number of para-hydroxylation sites is 1. The highest BCUT2D eigenvalue weighted by molar-refractivity contribution is 8.02. The van der Waals surface area contributed by atoms with Crippen LogP contribution in [0.15, 0.2) is 45.6 Å². The van der Waals surface area contributed by atoms with Gasteiger partial charge in [0, 0.05) is 30.9 Å². The summed E-state index contributed by atoms with van der Waals surface area (Å²) in [6.45, 7) is 4.18. The van der Waals surface area contributed by atoms with Gasteiger partial charge in [0.05, 0.1) is 5.52 Å². The van der Waals surface area contributed by atoms with Gasteiger partial charge in [0.1, 0.15) is 5.69 Å². The Morgan fingerprint density at radius 3 is 2.60 bits per heavy atom. The predicted molar refractivity (Wildman–Crippen MR) is 85.1 cm³/mol. The lowest BCUT2D eigenvalue weighted by molar-refractivity contribution is 0.403. The topological polar surface area (TPSA) is 32.9 Å². The van der Waals surface area contributed by atoms with Crippen molar-refractivity contribution in [2.45, 2.75) is 19.3 Å². The summed E-state index contributed by atoms with van der Waals surface area (Å²) in [5.41, 5.74) is 4.59. The third-order valence-electron chi connectivity index (χ3n) is 3.87. The maximum Gasteiger partial charge on any atom is 0.193 e. The summed E-state index contributed by atoms with van der Waals surface area (Å²) in [5.74, 6) is 0. The molecule has 2 aromatic rings. The lowest BCUT2D eigenvalue weighted by Gasteiger charge is -2.17. The van der Waals surface area contributed by atoms with Gasteiger partial charge >= 0.3 is 0 Å².